The van der Waals surface area contributed by atoms with Gasteiger partial charge < -0.3 is 14.5 Å². The number of carbonyl (C=O) groups is 2. The summed E-state index contributed by atoms with van der Waals surface area (Å²) >= 11 is 0. The average molecular weight is 451 g/mol. The van der Waals surface area contributed by atoms with Crippen molar-refractivity contribution in [1.29, 1.82) is 0 Å². The highest BCUT2D eigenvalue weighted by Gasteiger charge is 2.44. The number of nitrogens with zero attached hydrogens (tertiary/aromatic N) is 2. The highest BCUT2D eigenvalue weighted by molar-refractivity contribution is 5.97. The van der Waals surface area contributed by atoms with Crippen molar-refractivity contribution in [2.24, 2.45) is 17.8 Å². The summed E-state index contributed by atoms with van der Waals surface area (Å²) < 4.78 is 19.6. The Labute approximate surface area is 194 Å². The summed E-state index contributed by atoms with van der Waals surface area (Å²) in [5, 5.41) is 0. The number of fused-ring (bicyclic) bond motifs is 1. The molecule has 6 heteroatoms. The van der Waals surface area contributed by atoms with Crippen molar-refractivity contribution < 1.29 is 18.7 Å². The van der Waals surface area contributed by atoms with Gasteiger partial charge in [0.15, 0.2) is 0 Å². The maximum atomic E-state index is 13.6. The number of carbonyl (C=O) groups excluding carboxylic acids is 2. The Morgan fingerprint density at radius 1 is 1.09 bits per heavy atom. The van der Waals surface area contributed by atoms with E-state index >= 15 is 0 Å². The Kier molecular flexibility index (Phi) is 6.34. The Morgan fingerprint density at radius 3 is 2.79 bits per heavy atom. The highest BCUT2D eigenvalue weighted by Crippen LogP contribution is 2.44. The van der Waals surface area contributed by atoms with Crippen molar-refractivity contribution in [2.75, 3.05) is 32.8 Å². The molecule has 2 amide bonds. The number of ether oxygens (including phenoxy) is 1. The summed E-state index contributed by atoms with van der Waals surface area (Å²) in [5.74, 6) is 2.06. The molecule has 1 saturated carbocycles. The minimum Gasteiger partial charge on any atom is -0.491 e. The summed E-state index contributed by atoms with van der Waals surface area (Å²) in [6.45, 7) is 3.25. The van der Waals surface area contributed by atoms with Crippen molar-refractivity contribution in [3.05, 3.63) is 65.5 Å². The summed E-state index contributed by atoms with van der Waals surface area (Å²) in [4.78, 5) is 29.0. The fraction of sp³-hybridized carbons (Fsp3) is 0.481. The monoisotopic (exact) mass is 450 g/mol. The van der Waals surface area contributed by atoms with E-state index in [0.29, 0.717) is 48.6 Å². The van der Waals surface area contributed by atoms with E-state index in [2.05, 4.69) is 0 Å². The van der Waals surface area contributed by atoms with Crippen LogP contribution in [0.2, 0.25) is 0 Å². The minimum atomic E-state index is -0.184. The van der Waals surface area contributed by atoms with Crippen molar-refractivity contribution >= 4 is 11.8 Å². The Bertz CT molecular complexity index is 1030. The third-order valence-electron chi connectivity index (χ3n) is 7.59. The maximum Gasteiger partial charge on any atom is 0.257 e. The van der Waals surface area contributed by atoms with Gasteiger partial charge in [-0.2, -0.15) is 0 Å². The van der Waals surface area contributed by atoms with E-state index in [1.807, 2.05) is 40.1 Å². The fourth-order valence-electron chi connectivity index (χ4n) is 5.91. The van der Waals surface area contributed by atoms with Gasteiger partial charge in [0.2, 0.25) is 5.91 Å². The van der Waals surface area contributed by atoms with Crippen LogP contribution in [0.15, 0.2) is 48.5 Å². The van der Waals surface area contributed by atoms with Crippen LogP contribution in [0.25, 0.3) is 0 Å². The van der Waals surface area contributed by atoms with Crippen LogP contribution in [-0.2, 0) is 11.2 Å². The molecule has 3 fully saturated rings. The lowest BCUT2D eigenvalue weighted by Crippen LogP contribution is -2.31. The number of halogens is 1. The maximum absolute atomic E-state index is 13.6. The first-order valence-electron chi connectivity index (χ1n) is 12.1. The van der Waals surface area contributed by atoms with Gasteiger partial charge in [0.05, 0.1) is 12.1 Å². The molecule has 1 aliphatic carbocycles. The first-order chi connectivity index (χ1) is 16.1. The van der Waals surface area contributed by atoms with Gasteiger partial charge >= 0.3 is 0 Å². The first-order valence-corrected chi connectivity index (χ1v) is 12.1. The molecule has 2 saturated heterocycles. The molecule has 5 rings (SSSR count). The van der Waals surface area contributed by atoms with Gasteiger partial charge in [-0.25, -0.2) is 4.39 Å². The predicted molar refractivity (Wildman–Crippen MR) is 123 cm³/mol. The van der Waals surface area contributed by atoms with Crippen LogP contribution in [0.4, 0.5) is 4.39 Å². The third kappa shape index (κ3) is 4.75. The predicted octanol–water partition coefficient (Wildman–Crippen LogP) is 4.17. The average Bonchev–Trinajstić information content (AvgIpc) is 3.51. The quantitative estimate of drug-likeness (QED) is 0.636. The van der Waals surface area contributed by atoms with E-state index in [4.69, 9.17) is 4.74 Å². The molecule has 0 N–H and O–H groups in total. The number of amides is 2. The molecular weight excluding hydrogens is 419 g/mol. The second kappa shape index (κ2) is 9.54. The van der Waals surface area contributed by atoms with Crippen LogP contribution in [0.1, 0.15) is 41.6 Å². The SMILES string of the molecule is O=C1CCCN1CCOc1ccccc1C(=O)N1C[C@H]2CC[C@H](Cc3cccc(F)c3)[C@H]2C1. The molecule has 0 aromatic heterocycles. The van der Waals surface area contributed by atoms with Crippen molar-refractivity contribution in [3.63, 3.8) is 0 Å². The molecule has 2 aromatic rings. The molecule has 0 bridgehead atoms. The smallest absolute Gasteiger partial charge is 0.257 e. The summed E-state index contributed by atoms with van der Waals surface area (Å²) in [5.41, 5.74) is 1.63. The largest absolute Gasteiger partial charge is 0.491 e. The highest BCUT2D eigenvalue weighted by atomic mass is 19.1. The van der Waals surface area contributed by atoms with Crippen molar-refractivity contribution in [3.8, 4) is 5.75 Å². The Hall–Kier alpha value is -2.89. The number of hydrogen-bond acceptors (Lipinski definition) is 3. The zero-order valence-electron chi connectivity index (χ0n) is 18.9. The zero-order chi connectivity index (χ0) is 22.8. The molecule has 0 unspecified atom stereocenters. The molecular formula is C27H31FN2O3. The molecule has 33 heavy (non-hydrogen) atoms. The van der Waals surface area contributed by atoms with Crippen LogP contribution in [0, 0.1) is 23.6 Å². The van der Waals surface area contributed by atoms with E-state index in [9.17, 15) is 14.0 Å². The van der Waals surface area contributed by atoms with Crippen LogP contribution < -0.4 is 4.74 Å². The second-order valence-corrected chi connectivity index (χ2v) is 9.63. The molecule has 2 heterocycles. The number of para-hydroxylation sites is 1. The molecule has 3 atom stereocenters. The van der Waals surface area contributed by atoms with Crippen LogP contribution in [-0.4, -0.2) is 54.4 Å². The molecule has 0 radical (unpaired) electrons. The number of rotatable bonds is 7. The van der Waals surface area contributed by atoms with E-state index in [1.54, 1.807) is 12.1 Å². The van der Waals surface area contributed by atoms with Crippen LogP contribution in [0.3, 0.4) is 0 Å². The molecule has 5 nitrogen and oxygen atoms in total. The van der Waals surface area contributed by atoms with E-state index in [-0.39, 0.29) is 17.6 Å². The fourth-order valence-corrected chi connectivity index (χ4v) is 5.91. The molecule has 2 aliphatic heterocycles. The standard InChI is InChI=1S/C27H31FN2O3/c28-22-6-3-5-19(16-22)15-20-10-11-21-17-30(18-24(20)21)27(32)23-7-1-2-8-25(23)33-14-13-29-12-4-9-26(29)31/h1-3,5-8,16,20-21,24H,4,9-15,17-18H2/t20-,21-,24-/m1/s1. The lowest BCUT2D eigenvalue weighted by molar-refractivity contribution is -0.128. The van der Waals surface area contributed by atoms with Gasteiger partial charge in [-0.15, -0.1) is 0 Å². The Morgan fingerprint density at radius 2 is 1.97 bits per heavy atom. The number of likely N-dealkylation sites (tertiary alicyclic amines) is 2. The zero-order valence-corrected chi connectivity index (χ0v) is 18.9. The second-order valence-electron chi connectivity index (χ2n) is 9.63. The van der Waals surface area contributed by atoms with Crippen LogP contribution >= 0.6 is 0 Å². The van der Waals surface area contributed by atoms with Gasteiger partial charge in [0.25, 0.3) is 5.91 Å². The van der Waals surface area contributed by atoms with Crippen molar-refractivity contribution in [1.82, 2.24) is 9.80 Å². The number of benzene rings is 2. The van der Waals surface area contributed by atoms with Gasteiger partial charge in [0, 0.05) is 26.1 Å². The number of hydrogen-bond donors (Lipinski definition) is 0. The summed E-state index contributed by atoms with van der Waals surface area (Å²) in [6, 6.07) is 14.3. The van der Waals surface area contributed by atoms with Gasteiger partial charge in [-0.05, 0) is 73.3 Å². The van der Waals surface area contributed by atoms with Gasteiger partial charge in [-0.1, -0.05) is 24.3 Å². The summed E-state index contributed by atoms with van der Waals surface area (Å²) in [7, 11) is 0. The Balaban J connectivity index is 1.21. The first kappa shape index (κ1) is 21.9. The molecule has 2 aromatic carbocycles. The van der Waals surface area contributed by atoms with Gasteiger partial charge in [-0.3, -0.25) is 9.59 Å². The van der Waals surface area contributed by atoms with Gasteiger partial charge in [0.1, 0.15) is 18.2 Å². The molecule has 174 valence electrons. The normalized spacial score (nSPS) is 24.4. The lowest BCUT2D eigenvalue weighted by atomic mass is 9.87. The van der Waals surface area contributed by atoms with Crippen LogP contribution in [0.5, 0.6) is 5.75 Å². The summed E-state index contributed by atoms with van der Waals surface area (Å²) in [6.07, 6.45) is 4.66. The topological polar surface area (TPSA) is 49.9 Å². The lowest BCUT2D eigenvalue weighted by Gasteiger charge is -2.22. The van der Waals surface area contributed by atoms with Crippen molar-refractivity contribution in [2.45, 2.75) is 32.1 Å². The molecule has 3 aliphatic rings. The van der Waals surface area contributed by atoms with E-state index in [1.165, 1.54) is 6.07 Å². The third-order valence-corrected chi connectivity index (χ3v) is 7.59. The van der Waals surface area contributed by atoms with E-state index in [0.717, 1.165) is 50.9 Å². The van der Waals surface area contributed by atoms with E-state index < -0.39 is 0 Å². The molecule has 0 spiro atoms. The minimum absolute atomic E-state index is 0.0155.